The molecule has 394 valence electrons. The Morgan fingerprint density at radius 2 is 0.882 bits per heavy atom. The maximum Gasteiger partial charge on any atom is 0.306 e. The molecular formula is C53H92O15. The summed E-state index contributed by atoms with van der Waals surface area (Å²) in [5.74, 6) is -0.956. The van der Waals surface area contributed by atoms with Crippen LogP contribution >= 0.6 is 0 Å². The first kappa shape index (κ1) is 61.6. The predicted molar refractivity (Wildman–Crippen MR) is 261 cm³/mol. The molecule has 0 aliphatic carbocycles. The molecule has 4 unspecified atom stereocenters. The minimum absolute atomic E-state index is 0.138. The molecule has 0 aromatic heterocycles. The van der Waals surface area contributed by atoms with Crippen LogP contribution in [-0.2, 0) is 38.0 Å². The molecule has 2 aliphatic rings. The molecule has 0 spiro atoms. The maximum absolute atomic E-state index is 13.0. The van der Waals surface area contributed by atoms with Gasteiger partial charge >= 0.3 is 11.9 Å². The molecule has 7 N–H and O–H groups in total. The Balaban J connectivity index is 1.82. The van der Waals surface area contributed by atoms with Gasteiger partial charge in [-0.3, -0.25) is 9.59 Å². The average molecular weight is 969 g/mol. The van der Waals surface area contributed by atoms with Crippen molar-refractivity contribution in [3.05, 3.63) is 48.6 Å². The molecule has 0 bridgehead atoms. The number of rotatable bonds is 40. The van der Waals surface area contributed by atoms with E-state index in [9.17, 15) is 45.3 Å². The van der Waals surface area contributed by atoms with Gasteiger partial charge in [-0.15, -0.1) is 0 Å². The Labute approximate surface area is 408 Å². The van der Waals surface area contributed by atoms with Crippen molar-refractivity contribution in [2.24, 2.45) is 0 Å². The average Bonchev–Trinajstić information content (AvgIpc) is 3.33. The third kappa shape index (κ3) is 27.7. The highest BCUT2D eigenvalue weighted by Crippen LogP contribution is 2.26. The smallest absolute Gasteiger partial charge is 0.306 e. The van der Waals surface area contributed by atoms with Crippen molar-refractivity contribution in [3.8, 4) is 0 Å². The molecular weight excluding hydrogens is 877 g/mol. The van der Waals surface area contributed by atoms with E-state index < -0.39 is 99.3 Å². The highest BCUT2D eigenvalue weighted by molar-refractivity contribution is 5.70. The zero-order valence-electron chi connectivity index (χ0n) is 41.6. The number of esters is 2. The van der Waals surface area contributed by atoms with Crippen molar-refractivity contribution in [1.29, 1.82) is 0 Å². The van der Waals surface area contributed by atoms with Gasteiger partial charge in [0.2, 0.25) is 0 Å². The number of hydrogen-bond donors (Lipinski definition) is 7. The molecule has 0 amide bonds. The lowest BCUT2D eigenvalue weighted by atomic mass is 9.98. The van der Waals surface area contributed by atoms with Crippen LogP contribution in [0.3, 0.4) is 0 Å². The molecule has 2 fully saturated rings. The molecule has 15 heteroatoms. The third-order valence-electron chi connectivity index (χ3n) is 12.3. The van der Waals surface area contributed by atoms with Crippen LogP contribution in [0.2, 0.25) is 0 Å². The first-order chi connectivity index (χ1) is 33.0. The summed E-state index contributed by atoms with van der Waals surface area (Å²) in [6, 6.07) is 0. The second-order valence-corrected chi connectivity index (χ2v) is 18.3. The molecule has 2 rings (SSSR count). The lowest BCUT2D eigenvalue weighted by molar-refractivity contribution is -0.332. The van der Waals surface area contributed by atoms with E-state index in [2.05, 4.69) is 62.5 Å². The van der Waals surface area contributed by atoms with Gasteiger partial charge in [-0.25, -0.2) is 0 Å². The quantitative estimate of drug-likeness (QED) is 0.0179. The van der Waals surface area contributed by atoms with Crippen LogP contribution in [0, 0.1) is 0 Å². The van der Waals surface area contributed by atoms with Crippen LogP contribution in [0.15, 0.2) is 48.6 Å². The fourth-order valence-electron chi connectivity index (χ4n) is 7.92. The first-order valence-corrected chi connectivity index (χ1v) is 26.2. The fraction of sp³-hybridized carbons (Fsp3) is 0.811. The Morgan fingerprint density at radius 1 is 0.471 bits per heavy atom. The van der Waals surface area contributed by atoms with Gasteiger partial charge in [-0.05, 0) is 77.0 Å². The monoisotopic (exact) mass is 969 g/mol. The van der Waals surface area contributed by atoms with E-state index in [1.54, 1.807) is 0 Å². The fourth-order valence-corrected chi connectivity index (χ4v) is 7.92. The Morgan fingerprint density at radius 3 is 1.43 bits per heavy atom. The normalized spacial score (nSPS) is 26.1. The van der Waals surface area contributed by atoms with Gasteiger partial charge < -0.3 is 64.2 Å². The number of hydrogen-bond acceptors (Lipinski definition) is 15. The minimum atomic E-state index is -1.77. The summed E-state index contributed by atoms with van der Waals surface area (Å²) >= 11 is 0. The summed E-state index contributed by atoms with van der Waals surface area (Å²) in [7, 11) is 0. The van der Waals surface area contributed by atoms with Crippen molar-refractivity contribution in [3.63, 3.8) is 0 Å². The molecule has 0 saturated carbocycles. The summed E-state index contributed by atoms with van der Waals surface area (Å²) in [6.45, 7) is 2.52. The van der Waals surface area contributed by atoms with Gasteiger partial charge in [0.1, 0.15) is 55.4 Å². The lowest BCUT2D eigenvalue weighted by Crippen LogP contribution is -2.61. The van der Waals surface area contributed by atoms with Gasteiger partial charge in [0, 0.05) is 12.8 Å². The molecule has 0 aromatic rings. The standard InChI is InChI=1S/C53H92O15/c1-3-5-7-9-11-13-15-17-19-20-22-24-26-28-30-32-34-36-45(56)66-41(38-63-44(55)35-33-31-29-27-25-23-21-18-16-14-12-10-8-6-4-2)39-64-52-51(62)49(60)47(58)43(68-52)40-65-53-50(61)48(59)46(57)42(37-54)67-53/h11,13-14,16-17,19,22,24,41-43,46-54,57-62H,3-10,12,15,18,20-21,23,25-40H2,1-2H3/b13-11+,16-14+,19-17+,24-22+/t41-,42+,43+,46-,47-,48?,49?,50?,51?,52+,53+/m1/s1. The zero-order chi connectivity index (χ0) is 49.6. The highest BCUT2D eigenvalue weighted by Gasteiger charge is 2.47. The minimum Gasteiger partial charge on any atom is -0.462 e. The van der Waals surface area contributed by atoms with Crippen molar-refractivity contribution in [1.82, 2.24) is 0 Å². The molecule has 2 aliphatic heterocycles. The highest BCUT2D eigenvalue weighted by atomic mass is 16.7. The number of aliphatic hydroxyl groups is 7. The van der Waals surface area contributed by atoms with Crippen molar-refractivity contribution in [2.75, 3.05) is 26.4 Å². The number of carbonyl (C=O) groups is 2. The number of allylic oxidation sites excluding steroid dienone is 8. The summed E-state index contributed by atoms with van der Waals surface area (Å²) < 4.78 is 33.6. The van der Waals surface area contributed by atoms with Gasteiger partial charge in [0.25, 0.3) is 0 Å². The Kier molecular flexibility index (Phi) is 36.3. The van der Waals surface area contributed by atoms with Crippen LogP contribution < -0.4 is 0 Å². The van der Waals surface area contributed by atoms with Crippen molar-refractivity contribution >= 4 is 11.9 Å². The van der Waals surface area contributed by atoms with Crippen LogP contribution in [-0.4, -0.2) is 142 Å². The maximum atomic E-state index is 13.0. The van der Waals surface area contributed by atoms with Gasteiger partial charge in [-0.1, -0.05) is 140 Å². The molecule has 2 heterocycles. The lowest BCUT2D eigenvalue weighted by Gasteiger charge is -2.42. The van der Waals surface area contributed by atoms with Crippen LogP contribution in [0.25, 0.3) is 0 Å². The largest absolute Gasteiger partial charge is 0.462 e. The van der Waals surface area contributed by atoms with E-state index in [1.807, 2.05) is 0 Å². The summed E-state index contributed by atoms with van der Waals surface area (Å²) in [5.41, 5.74) is 0. The van der Waals surface area contributed by atoms with Gasteiger partial charge in [0.15, 0.2) is 18.7 Å². The van der Waals surface area contributed by atoms with E-state index in [0.717, 1.165) is 77.0 Å². The van der Waals surface area contributed by atoms with Crippen LogP contribution in [0.1, 0.15) is 181 Å². The van der Waals surface area contributed by atoms with Crippen molar-refractivity contribution in [2.45, 2.75) is 248 Å². The summed E-state index contributed by atoms with van der Waals surface area (Å²) in [6.07, 6.45) is 27.0. The molecule has 0 radical (unpaired) electrons. The second-order valence-electron chi connectivity index (χ2n) is 18.3. The molecule has 68 heavy (non-hydrogen) atoms. The zero-order valence-corrected chi connectivity index (χ0v) is 41.6. The Hall–Kier alpha value is -2.54. The summed E-state index contributed by atoms with van der Waals surface area (Å²) in [4.78, 5) is 25.8. The molecule has 0 aromatic carbocycles. The Bertz CT molecular complexity index is 1370. The summed E-state index contributed by atoms with van der Waals surface area (Å²) in [5, 5.41) is 72.1. The van der Waals surface area contributed by atoms with Gasteiger partial charge in [0.05, 0.1) is 19.8 Å². The topological polar surface area (TPSA) is 231 Å². The van der Waals surface area contributed by atoms with Crippen LogP contribution in [0.4, 0.5) is 0 Å². The van der Waals surface area contributed by atoms with Gasteiger partial charge in [-0.2, -0.15) is 0 Å². The second kappa shape index (κ2) is 40.1. The number of aliphatic hydroxyl groups excluding tert-OH is 7. The van der Waals surface area contributed by atoms with E-state index in [1.165, 1.54) is 64.2 Å². The number of ether oxygens (including phenoxy) is 6. The first-order valence-electron chi connectivity index (χ1n) is 26.2. The number of carbonyl (C=O) groups excluding carboxylic acids is 2. The van der Waals surface area contributed by atoms with Crippen molar-refractivity contribution < 1.29 is 73.8 Å². The number of unbranched alkanes of at least 4 members (excludes halogenated alkanes) is 18. The van der Waals surface area contributed by atoms with Crippen LogP contribution in [0.5, 0.6) is 0 Å². The van der Waals surface area contributed by atoms with E-state index >= 15 is 0 Å². The predicted octanol–water partition coefficient (Wildman–Crippen LogP) is 7.49. The molecule has 15 nitrogen and oxygen atoms in total. The molecule has 2 saturated heterocycles. The third-order valence-corrected chi connectivity index (χ3v) is 12.3. The molecule has 11 atom stereocenters. The van der Waals surface area contributed by atoms with E-state index in [0.29, 0.717) is 12.8 Å². The van der Waals surface area contributed by atoms with E-state index in [-0.39, 0.29) is 19.4 Å². The van der Waals surface area contributed by atoms with E-state index in [4.69, 9.17) is 28.4 Å². The SMILES string of the molecule is CCCCC/C=C/C/C=C/C/C=C/CCCCCCC(=O)O[C@H](COC(=O)CCCCCCCCC/C=C/CCCCCC)CO[C@H]1O[C@@H](CO[C@H]2O[C@@H](CO)[C@@H](O)C(O)C2O)[C@@H](O)C(O)C1O.